The van der Waals surface area contributed by atoms with Gasteiger partial charge >= 0.3 is 0 Å². The number of nitrogens with one attached hydrogen (secondary N) is 1. The number of morpholine rings is 1. The van der Waals surface area contributed by atoms with E-state index in [1.165, 1.54) is 5.56 Å². The van der Waals surface area contributed by atoms with E-state index in [1.807, 2.05) is 6.07 Å². The third kappa shape index (κ3) is 3.19. The molecule has 1 saturated heterocycles. The number of ether oxygens (including phenoxy) is 3. The molecule has 4 nitrogen and oxygen atoms in total. The van der Waals surface area contributed by atoms with Crippen molar-refractivity contribution in [2.75, 3.05) is 26.4 Å². The van der Waals surface area contributed by atoms with E-state index in [0.29, 0.717) is 25.3 Å². The Balaban J connectivity index is 1.57. The van der Waals surface area contributed by atoms with E-state index in [9.17, 15) is 0 Å². The Morgan fingerprint density at radius 1 is 1.16 bits per heavy atom. The van der Waals surface area contributed by atoms with Crippen molar-refractivity contribution in [2.24, 2.45) is 0 Å². The zero-order valence-electron chi connectivity index (χ0n) is 11.4. The summed E-state index contributed by atoms with van der Waals surface area (Å²) in [4.78, 5) is 0. The Morgan fingerprint density at radius 3 is 2.84 bits per heavy atom. The number of hydrogen-bond acceptors (Lipinski definition) is 4. The molecule has 0 amide bonds. The van der Waals surface area contributed by atoms with E-state index in [2.05, 4.69) is 24.4 Å². The standard InChI is InChI=1S/C15H21NO3/c1-11-9-17-10-13(16-11)4-2-12-3-5-14-15(8-12)19-7-6-18-14/h3,5,8,11,13,16H,2,4,6-7,9-10H2,1H3. The molecule has 4 heteroatoms. The van der Waals surface area contributed by atoms with Crippen molar-refractivity contribution in [3.8, 4) is 11.5 Å². The normalized spacial score (nSPS) is 26.2. The first-order chi connectivity index (χ1) is 9.31. The molecule has 104 valence electrons. The van der Waals surface area contributed by atoms with Crippen molar-refractivity contribution >= 4 is 0 Å². The van der Waals surface area contributed by atoms with Crippen LogP contribution in [0, 0.1) is 0 Å². The maximum absolute atomic E-state index is 5.61. The summed E-state index contributed by atoms with van der Waals surface area (Å²) in [6.07, 6.45) is 2.12. The van der Waals surface area contributed by atoms with Crippen LogP contribution in [0.5, 0.6) is 11.5 Å². The predicted octanol–water partition coefficient (Wildman–Crippen LogP) is 1.77. The van der Waals surface area contributed by atoms with Crippen LogP contribution in [-0.2, 0) is 11.2 Å². The first-order valence-corrected chi connectivity index (χ1v) is 7.03. The molecule has 0 spiro atoms. The molecule has 1 aromatic rings. The first-order valence-electron chi connectivity index (χ1n) is 7.03. The van der Waals surface area contributed by atoms with Gasteiger partial charge in [0.1, 0.15) is 13.2 Å². The molecule has 19 heavy (non-hydrogen) atoms. The first kappa shape index (κ1) is 12.8. The molecule has 0 aromatic heterocycles. The van der Waals surface area contributed by atoms with Gasteiger partial charge in [0.25, 0.3) is 0 Å². The van der Waals surface area contributed by atoms with Gasteiger partial charge in [0.15, 0.2) is 11.5 Å². The minimum Gasteiger partial charge on any atom is -0.486 e. The zero-order chi connectivity index (χ0) is 13.1. The van der Waals surface area contributed by atoms with Crippen LogP contribution in [0.15, 0.2) is 18.2 Å². The molecule has 2 unspecified atom stereocenters. The molecule has 0 saturated carbocycles. The fourth-order valence-electron chi connectivity index (χ4n) is 2.64. The molecule has 0 aliphatic carbocycles. The van der Waals surface area contributed by atoms with E-state index < -0.39 is 0 Å². The van der Waals surface area contributed by atoms with Gasteiger partial charge in [-0.1, -0.05) is 6.07 Å². The molecule has 1 aromatic carbocycles. The van der Waals surface area contributed by atoms with Gasteiger partial charge in [0.2, 0.25) is 0 Å². The third-order valence-corrected chi connectivity index (χ3v) is 3.60. The highest BCUT2D eigenvalue weighted by Crippen LogP contribution is 2.31. The Bertz CT molecular complexity index is 435. The van der Waals surface area contributed by atoms with Gasteiger partial charge < -0.3 is 19.5 Å². The summed E-state index contributed by atoms with van der Waals surface area (Å²) in [7, 11) is 0. The van der Waals surface area contributed by atoms with E-state index >= 15 is 0 Å². The Morgan fingerprint density at radius 2 is 2.00 bits per heavy atom. The average molecular weight is 263 g/mol. The predicted molar refractivity (Wildman–Crippen MR) is 73.0 cm³/mol. The van der Waals surface area contributed by atoms with Crippen LogP contribution in [0.25, 0.3) is 0 Å². The molecule has 3 rings (SSSR count). The van der Waals surface area contributed by atoms with Crippen molar-refractivity contribution < 1.29 is 14.2 Å². The highest BCUT2D eigenvalue weighted by Gasteiger charge is 2.18. The minimum atomic E-state index is 0.456. The van der Waals surface area contributed by atoms with E-state index in [-0.39, 0.29) is 0 Å². The number of aryl methyl sites for hydroxylation is 1. The summed E-state index contributed by atoms with van der Waals surface area (Å²) >= 11 is 0. The summed E-state index contributed by atoms with van der Waals surface area (Å²) < 4.78 is 16.7. The van der Waals surface area contributed by atoms with Gasteiger partial charge in [0.05, 0.1) is 13.2 Å². The molecular formula is C15H21NO3. The quantitative estimate of drug-likeness (QED) is 0.902. The van der Waals surface area contributed by atoms with Crippen LogP contribution in [-0.4, -0.2) is 38.5 Å². The van der Waals surface area contributed by atoms with Crippen LogP contribution in [0.3, 0.4) is 0 Å². The fraction of sp³-hybridized carbons (Fsp3) is 0.600. The lowest BCUT2D eigenvalue weighted by Gasteiger charge is -2.29. The molecule has 1 fully saturated rings. The lowest BCUT2D eigenvalue weighted by Crippen LogP contribution is -2.47. The maximum Gasteiger partial charge on any atom is 0.161 e. The molecule has 2 aliphatic rings. The summed E-state index contributed by atoms with van der Waals surface area (Å²) in [5.41, 5.74) is 1.30. The Labute approximate surface area is 114 Å². The van der Waals surface area contributed by atoms with Crippen LogP contribution >= 0.6 is 0 Å². The second-order valence-corrected chi connectivity index (χ2v) is 5.32. The van der Waals surface area contributed by atoms with Crippen molar-refractivity contribution in [3.05, 3.63) is 23.8 Å². The van der Waals surface area contributed by atoms with Crippen molar-refractivity contribution in [1.82, 2.24) is 5.32 Å². The van der Waals surface area contributed by atoms with Gasteiger partial charge in [-0.2, -0.15) is 0 Å². The minimum absolute atomic E-state index is 0.456. The lowest BCUT2D eigenvalue weighted by molar-refractivity contribution is 0.0483. The van der Waals surface area contributed by atoms with Crippen LogP contribution in [0.2, 0.25) is 0 Å². The smallest absolute Gasteiger partial charge is 0.161 e. The van der Waals surface area contributed by atoms with Crippen molar-refractivity contribution in [1.29, 1.82) is 0 Å². The second kappa shape index (κ2) is 5.80. The number of hydrogen-bond donors (Lipinski definition) is 1. The van der Waals surface area contributed by atoms with E-state index in [1.54, 1.807) is 0 Å². The fourth-order valence-corrected chi connectivity index (χ4v) is 2.64. The summed E-state index contributed by atoms with van der Waals surface area (Å²) in [5, 5.41) is 3.57. The van der Waals surface area contributed by atoms with Gasteiger partial charge in [-0.3, -0.25) is 0 Å². The van der Waals surface area contributed by atoms with Gasteiger partial charge in [0, 0.05) is 12.1 Å². The molecule has 2 heterocycles. The molecule has 0 bridgehead atoms. The van der Waals surface area contributed by atoms with Gasteiger partial charge in [-0.25, -0.2) is 0 Å². The van der Waals surface area contributed by atoms with Gasteiger partial charge in [-0.05, 0) is 37.5 Å². The highest BCUT2D eigenvalue weighted by atomic mass is 16.6. The third-order valence-electron chi connectivity index (χ3n) is 3.60. The summed E-state index contributed by atoms with van der Waals surface area (Å²) in [6.45, 7) is 5.09. The van der Waals surface area contributed by atoms with Crippen molar-refractivity contribution in [3.63, 3.8) is 0 Å². The molecule has 0 radical (unpaired) electrons. The Kier molecular flexibility index (Phi) is 3.89. The van der Waals surface area contributed by atoms with Crippen LogP contribution in [0.1, 0.15) is 18.9 Å². The number of benzene rings is 1. The number of rotatable bonds is 3. The van der Waals surface area contributed by atoms with E-state index in [4.69, 9.17) is 14.2 Å². The van der Waals surface area contributed by atoms with Gasteiger partial charge in [-0.15, -0.1) is 0 Å². The topological polar surface area (TPSA) is 39.7 Å². The highest BCUT2D eigenvalue weighted by molar-refractivity contribution is 5.43. The van der Waals surface area contributed by atoms with Crippen LogP contribution < -0.4 is 14.8 Å². The SMILES string of the molecule is CC1COCC(CCc2ccc3c(c2)OCCO3)N1. The second-order valence-electron chi connectivity index (χ2n) is 5.32. The summed E-state index contributed by atoms with van der Waals surface area (Å²) in [5.74, 6) is 1.74. The largest absolute Gasteiger partial charge is 0.486 e. The monoisotopic (exact) mass is 263 g/mol. The number of fused-ring (bicyclic) bond motifs is 1. The molecule has 2 aliphatic heterocycles. The van der Waals surface area contributed by atoms with Crippen molar-refractivity contribution in [2.45, 2.75) is 31.8 Å². The maximum atomic E-state index is 5.61. The summed E-state index contributed by atoms with van der Waals surface area (Å²) in [6, 6.07) is 7.15. The lowest BCUT2D eigenvalue weighted by atomic mass is 10.0. The average Bonchev–Trinajstić information content (AvgIpc) is 2.45. The van der Waals surface area contributed by atoms with Crippen LogP contribution in [0.4, 0.5) is 0 Å². The Hall–Kier alpha value is -1.26. The molecular weight excluding hydrogens is 242 g/mol. The molecule has 2 atom stereocenters. The van der Waals surface area contributed by atoms with E-state index in [0.717, 1.165) is 37.6 Å². The molecule has 1 N–H and O–H groups in total. The zero-order valence-corrected chi connectivity index (χ0v) is 11.4.